The molecule has 1 fully saturated rings. The zero-order valence-corrected chi connectivity index (χ0v) is 11.7. The van der Waals surface area contributed by atoms with Crippen LogP contribution in [0, 0.1) is 17.3 Å². The van der Waals surface area contributed by atoms with Gasteiger partial charge in [-0.2, -0.15) is 0 Å². The Balaban J connectivity index is 2.49. The maximum Gasteiger partial charge on any atom is 0.313 e. The second kappa shape index (κ2) is 6.39. The summed E-state index contributed by atoms with van der Waals surface area (Å²) in [7, 11) is 0. The normalized spacial score (nSPS) is 26.2. The fourth-order valence-electron chi connectivity index (χ4n) is 2.55. The molecular formula is C14H27NO2. The van der Waals surface area contributed by atoms with E-state index < -0.39 is 0 Å². The summed E-state index contributed by atoms with van der Waals surface area (Å²) in [6.07, 6.45) is 3.18. The Morgan fingerprint density at radius 2 is 2.12 bits per heavy atom. The molecule has 17 heavy (non-hydrogen) atoms. The highest BCUT2D eigenvalue weighted by atomic mass is 16.5. The van der Waals surface area contributed by atoms with Crippen molar-refractivity contribution < 1.29 is 9.53 Å². The molecule has 1 N–H and O–H groups in total. The van der Waals surface area contributed by atoms with Crippen LogP contribution in [0.25, 0.3) is 0 Å². The third-order valence-corrected chi connectivity index (χ3v) is 3.98. The zero-order chi connectivity index (χ0) is 12.9. The first-order valence-corrected chi connectivity index (χ1v) is 6.91. The molecule has 3 nitrogen and oxygen atoms in total. The minimum Gasteiger partial charge on any atom is -0.465 e. The van der Waals surface area contributed by atoms with Crippen molar-refractivity contribution in [3.8, 4) is 0 Å². The van der Waals surface area contributed by atoms with E-state index in [0.29, 0.717) is 18.4 Å². The fraction of sp³-hybridized carbons (Fsp3) is 0.929. The van der Waals surface area contributed by atoms with Gasteiger partial charge >= 0.3 is 5.97 Å². The molecule has 0 bridgehead atoms. The van der Waals surface area contributed by atoms with Crippen LogP contribution in [0.2, 0.25) is 0 Å². The Morgan fingerprint density at radius 3 is 2.59 bits per heavy atom. The van der Waals surface area contributed by atoms with Crippen molar-refractivity contribution in [2.75, 3.05) is 19.7 Å². The van der Waals surface area contributed by atoms with Crippen molar-refractivity contribution in [2.45, 2.75) is 47.0 Å². The largest absolute Gasteiger partial charge is 0.465 e. The summed E-state index contributed by atoms with van der Waals surface area (Å²) in [6, 6.07) is 0. The van der Waals surface area contributed by atoms with E-state index in [4.69, 9.17) is 4.74 Å². The monoisotopic (exact) mass is 241 g/mol. The van der Waals surface area contributed by atoms with Crippen LogP contribution in [0.4, 0.5) is 0 Å². The molecule has 100 valence electrons. The molecule has 1 aliphatic heterocycles. The standard InChI is InChI=1S/C14H27NO2/c1-5-6-12(4)9-17-13(16)14(11(2)3)7-8-15-10-14/h11-12,15H,5-10H2,1-4H3. The van der Waals surface area contributed by atoms with Gasteiger partial charge in [0, 0.05) is 6.54 Å². The fourth-order valence-corrected chi connectivity index (χ4v) is 2.55. The molecule has 0 aromatic heterocycles. The average Bonchev–Trinajstić information content (AvgIpc) is 2.76. The van der Waals surface area contributed by atoms with Crippen LogP contribution < -0.4 is 5.32 Å². The maximum absolute atomic E-state index is 12.3. The maximum atomic E-state index is 12.3. The molecule has 3 heteroatoms. The molecule has 0 aromatic carbocycles. The molecule has 0 radical (unpaired) electrons. The van der Waals surface area contributed by atoms with Crippen molar-refractivity contribution in [2.24, 2.45) is 17.3 Å². The molecule has 0 saturated carbocycles. The van der Waals surface area contributed by atoms with Gasteiger partial charge in [0.1, 0.15) is 0 Å². The van der Waals surface area contributed by atoms with E-state index in [-0.39, 0.29) is 11.4 Å². The third kappa shape index (κ3) is 3.44. The van der Waals surface area contributed by atoms with Crippen molar-refractivity contribution in [3.63, 3.8) is 0 Å². The Morgan fingerprint density at radius 1 is 1.41 bits per heavy atom. The van der Waals surface area contributed by atoms with Crippen LogP contribution in [0.5, 0.6) is 0 Å². The molecule has 1 rings (SSSR count). The van der Waals surface area contributed by atoms with Crippen LogP contribution in [0.15, 0.2) is 0 Å². The van der Waals surface area contributed by atoms with E-state index in [1.807, 2.05) is 0 Å². The number of hydrogen-bond donors (Lipinski definition) is 1. The van der Waals surface area contributed by atoms with Gasteiger partial charge in [0.2, 0.25) is 0 Å². The average molecular weight is 241 g/mol. The van der Waals surface area contributed by atoms with Gasteiger partial charge in [0.05, 0.1) is 12.0 Å². The minimum atomic E-state index is -0.286. The summed E-state index contributed by atoms with van der Waals surface area (Å²) >= 11 is 0. The summed E-state index contributed by atoms with van der Waals surface area (Å²) in [5.41, 5.74) is -0.286. The molecule has 1 heterocycles. The highest BCUT2D eigenvalue weighted by molar-refractivity contribution is 5.78. The summed E-state index contributed by atoms with van der Waals surface area (Å²) in [4.78, 5) is 12.3. The smallest absolute Gasteiger partial charge is 0.313 e. The van der Waals surface area contributed by atoms with Crippen LogP contribution in [0.1, 0.15) is 47.0 Å². The summed E-state index contributed by atoms with van der Waals surface area (Å²) < 4.78 is 5.53. The molecule has 0 aliphatic carbocycles. The SMILES string of the molecule is CCCC(C)COC(=O)C1(C(C)C)CCNC1. The molecule has 1 saturated heterocycles. The number of carbonyl (C=O) groups excluding carboxylic acids is 1. The van der Waals surface area contributed by atoms with Gasteiger partial charge in [-0.15, -0.1) is 0 Å². The van der Waals surface area contributed by atoms with E-state index in [0.717, 1.165) is 32.4 Å². The topological polar surface area (TPSA) is 38.3 Å². The molecule has 1 aliphatic rings. The lowest BCUT2D eigenvalue weighted by Gasteiger charge is -2.30. The lowest BCUT2D eigenvalue weighted by molar-refractivity contribution is -0.159. The summed E-state index contributed by atoms with van der Waals surface area (Å²) in [6.45, 7) is 10.8. The van der Waals surface area contributed by atoms with Crippen LogP contribution >= 0.6 is 0 Å². The van der Waals surface area contributed by atoms with E-state index in [1.165, 1.54) is 0 Å². The quantitative estimate of drug-likeness (QED) is 0.726. The first-order chi connectivity index (χ1) is 8.03. The second-order valence-corrected chi connectivity index (χ2v) is 5.73. The Kier molecular flexibility index (Phi) is 5.44. The number of nitrogens with one attached hydrogen (secondary N) is 1. The van der Waals surface area contributed by atoms with Gasteiger partial charge < -0.3 is 10.1 Å². The van der Waals surface area contributed by atoms with Gasteiger partial charge in [0.15, 0.2) is 0 Å². The molecular weight excluding hydrogens is 214 g/mol. The van der Waals surface area contributed by atoms with Crippen molar-refractivity contribution in [1.29, 1.82) is 0 Å². The van der Waals surface area contributed by atoms with E-state index in [1.54, 1.807) is 0 Å². The number of rotatable bonds is 6. The molecule has 0 aromatic rings. The minimum absolute atomic E-state index is 0.000420. The molecule has 2 atom stereocenters. The van der Waals surface area contributed by atoms with Gasteiger partial charge in [0.25, 0.3) is 0 Å². The van der Waals surface area contributed by atoms with Gasteiger partial charge in [-0.05, 0) is 31.2 Å². The van der Waals surface area contributed by atoms with E-state index >= 15 is 0 Å². The van der Waals surface area contributed by atoms with Crippen LogP contribution in [0.3, 0.4) is 0 Å². The molecule has 0 amide bonds. The lowest BCUT2D eigenvalue weighted by atomic mass is 9.76. The highest BCUT2D eigenvalue weighted by Gasteiger charge is 2.45. The van der Waals surface area contributed by atoms with E-state index in [2.05, 4.69) is 33.0 Å². The molecule has 0 spiro atoms. The zero-order valence-electron chi connectivity index (χ0n) is 11.7. The number of hydrogen-bond acceptors (Lipinski definition) is 3. The second-order valence-electron chi connectivity index (χ2n) is 5.73. The predicted molar refractivity (Wildman–Crippen MR) is 69.8 cm³/mol. The summed E-state index contributed by atoms with van der Waals surface area (Å²) in [5, 5.41) is 3.29. The third-order valence-electron chi connectivity index (χ3n) is 3.98. The number of ether oxygens (including phenoxy) is 1. The Hall–Kier alpha value is -0.570. The van der Waals surface area contributed by atoms with E-state index in [9.17, 15) is 4.79 Å². The van der Waals surface area contributed by atoms with Crippen molar-refractivity contribution >= 4 is 5.97 Å². The number of esters is 1. The molecule has 2 unspecified atom stereocenters. The first-order valence-electron chi connectivity index (χ1n) is 6.91. The Labute approximate surface area is 105 Å². The lowest BCUT2D eigenvalue weighted by Crippen LogP contribution is -2.40. The predicted octanol–water partition coefficient (Wildman–Crippen LogP) is 2.60. The van der Waals surface area contributed by atoms with Gasteiger partial charge in [-0.25, -0.2) is 0 Å². The Bertz CT molecular complexity index is 245. The van der Waals surface area contributed by atoms with Crippen molar-refractivity contribution in [3.05, 3.63) is 0 Å². The first kappa shape index (κ1) is 14.5. The van der Waals surface area contributed by atoms with Gasteiger partial charge in [-0.3, -0.25) is 4.79 Å². The van der Waals surface area contributed by atoms with Gasteiger partial charge in [-0.1, -0.05) is 34.1 Å². The van der Waals surface area contributed by atoms with Crippen LogP contribution in [-0.4, -0.2) is 25.7 Å². The number of carbonyl (C=O) groups is 1. The summed E-state index contributed by atoms with van der Waals surface area (Å²) in [5.74, 6) is 0.814. The van der Waals surface area contributed by atoms with Crippen LogP contribution in [-0.2, 0) is 9.53 Å². The van der Waals surface area contributed by atoms with Crippen molar-refractivity contribution in [1.82, 2.24) is 5.32 Å². The highest BCUT2D eigenvalue weighted by Crippen LogP contribution is 2.35.